The molecule has 0 fully saturated rings. The molecule has 4 aromatic rings. The highest BCUT2D eigenvalue weighted by atomic mass is 16.4. The number of anilines is 2. The van der Waals surface area contributed by atoms with Crippen LogP contribution in [0.15, 0.2) is 60.9 Å². The Morgan fingerprint density at radius 2 is 1.38 bits per heavy atom. The highest BCUT2D eigenvalue weighted by molar-refractivity contribution is 6.18. The summed E-state index contributed by atoms with van der Waals surface area (Å²) in [6, 6.07) is 14.7. The molecule has 0 spiro atoms. The van der Waals surface area contributed by atoms with Crippen molar-refractivity contribution in [3.63, 3.8) is 0 Å². The first-order chi connectivity index (χ1) is 12.7. The van der Waals surface area contributed by atoms with E-state index in [1.165, 1.54) is 0 Å². The second-order valence-corrected chi connectivity index (χ2v) is 6.20. The summed E-state index contributed by atoms with van der Waals surface area (Å²) in [5.41, 5.74) is 4.92. The number of fused-ring (bicyclic) bond motifs is 6. The van der Waals surface area contributed by atoms with Crippen molar-refractivity contribution in [1.29, 1.82) is 0 Å². The fraction of sp³-hybridized carbons (Fsp3) is 0.0500. The second kappa shape index (κ2) is 5.42. The lowest BCUT2D eigenvalue weighted by molar-refractivity contribution is 0.0697. The summed E-state index contributed by atoms with van der Waals surface area (Å²) in [5.74, 6) is -0.929. The Morgan fingerprint density at radius 3 is 1.88 bits per heavy atom. The van der Waals surface area contributed by atoms with E-state index < -0.39 is 5.97 Å². The Labute approximate surface area is 148 Å². The van der Waals surface area contributed by atoms with Crippen LogP contribution in [-0.4, -0.2) is 21.0 Å². The molecule has 1 aliphatic heterocycles. The average molecular weight is 342 g/mol. The van der Waals surface area contributed by atoms with Crippen LogP contribution in [0.5, 0.6) is 0 Å². The molecular weight excluding hydrogens is 328 g/mol. The number of carboxylic acids is 1. The monoisotopic (exact) mass is 342 g/mol. The van der Waals surface area contributed by atoms with Crippen molar-refractivity contribution >= 4 is 39.1 Å². The van der Waals surface area contributed by atoms with E-state index in [1.807, 2.05) is 36.4 Å². The van der Waals surface area contributed by atoms with Gasteiger partial charge in [0, 0.05) is 23.2 Å². The zero-order valence-corrected chi connectivity index (χ0v) is 13.6. The van der Waals surface area contributed by atoms with Crippen molar-refractivity contribution in [2.75, 3.05) is 10.6 Å². The minimum Gasteiger partial charge on any atom is -0.478 e. The molecule has 0 saturated heterocycles. The second-order valence-electron chi connectivity index (χ2n) is 6.20. The van der Waals surface area contributed by atoms with Crippen LogP contribution in [0.1, 0.15) is 22.1 Å². The van der Waals surface area contributed by atoms with Crippen molar-refractivity contribution in [2.24, 2.45) is 0 Å². The number of aromatic nitrogens is 2. The molecule has 0 unspecified atom stereocenters. The summed E-state index contributed by atoms with van der Waals surface area (Å²) < 4.78 is 0. The molecule has 0 amide bonds. The van der Waals surface area contributed by atoms with E-state index in [1.54, 1.807) is 24.5 Å². The highest BCUT2D eigenvalue weighted by Crippen LogP contribution is 2.45. The number of hydrogen-bond acceptors (Lipinski definition) is 5. The number of carbonyl (C=O) groups is 1. The molecule has 126 valence electrons. The van der Waals surface area contributed by atoms with Gasteiger partial charge in [-0.1, -0.05) is 12.1 Å². The van der Waals surface area contributed by atoms with Crippen molar-refractivity contribution in [3.05, 3.63) is 72.1 Å². The average Bonchev–Trinajstić information content (AvgIpc) is 3.14. The standard InChI is InChI=1S/C20H14N4O2/c25-20(26)12-7-5-11(6-8-12)19-23-17-13-3-1-9-21-15(13)16-14(18(17)24-19)4-2-10-22-16/h1-10,19,23-24H,(H,25,26). The highest BCUT2D eigenvalue weighted by Gasteiger charge is 2.26. The lowest BCUT2D eigenvalue weighted by Crippen LogP contribution is -2.12. The van der Waals surface area contributed by atoms with Crippen LogP contribution in [0.4, 0.5) is 11.4 Å². The van der Waals surface area contributed by atoms with E-state index in [4.69, 9.17) is 5.11 Å². The fourth-order valence-electron chi connectivity index (χ4n) is 3.47. The molecule has 26 heavy (non-hydrogen) atoms. The lowest BCUT2D eigenvalue weighted by atomic mass is 10.1. The molecule has 0 aliphatic carbocycles. The number of hydrogen-bond donors (Lipinski definition) is 3. The zero-order chi connectivity index (χ0) is 17.7. The molecule has 6 nitrogen and oxygen atoms in total. The maximum atomic E-state index is 11.1. The van der Waals surface area contributed by atoms with E-state index in [0.29, 0.717) is 0 Å². The number of benzene rings is 2. The van der Waals surface area contributed by atoms with Crippen LogP contribution < -0.4 is 10.6 Å². The summed E-state index contributed by atoms with van der Waals surface area (Å²) in [6.45, 7) is 0. The molecule has 1 aliphatic rings. The topological polar surface area (TPSA) is 87.1 Å². The van der Waals surface area contributed by atoms with Crippen LogP contribution in [0, 0.1) is 0 Å². The number of aromatic carboxylic acids is 1. The zero-order valence-electron chi connectivity index (χ0n) is 13.6. The molecular formula is C20H14N4O2. The largest absolute Gasteiger partial charge is 0.478 e. The van der Waals surface area contributed by atoms with Gasteiger partial charge < -0.3 is 15.7 Å². The van der Waals surface area contributed by atoms with E-state index in [-0.39, 0.29) is 11.7 Å². The van der Waals surface area contributed by atoms with Gasteiger partial charge in [0.2, 0.25) is 0 Å². The Bertz CT molecular complexity index is 1110. The lowest BCUT2D eigenvalue weighted by Gasteiger charge is -2.13. The van der Waals surface area contributed by atoms with Crippen LogP contribution in [0.25, 0.3) is 21.8 Å². The Balaban J connectivity index is 1.66. The molecule has 0 bridgehead atoms. The number of carboxylic acid groups (broad SMARTS) is 1. The van der Waals surface area contributed by atoms with Crippen LogP contribution >= 0.6 is 0 Å². The van der Waals surface area contributed by atoms with Crippen molar-refractivity contribution in [3.8, 4) is 0 Å². The van der Waals surface area contributed by atoms with E-state index in [0.717, 1.165) is 38.7 Å². The quantitative estimate of drug-likeness (QED) is 0.477. The fourth-order valence-corrected chi connectivity index (χ4v) is 3.47. The Hall–Kier alpha value is -3.67. The smallest absolute Gasteiger partial charge is 0.335 e. The minimum absolute atomic E-state index is 0.151. The van der Waals surface area contributed by atoms with Gasteiger partial charge in [-0.3, -0.25) is 9.97 Å². The minimum atomic E-state index is -0.929. The first kappa shape index (κ1) is 14.7. The van der Waals surface area contributed by atoms with Gasteiger partial charge in [-0.15, -0.1) is 0 Å². The van der Waals surface area contributed by atoms with E-state index in [2.05, 4.69) is 20.6 Å². The number of nitrogens with zero attached hydrogens (tertiary/aromatic N) is 2. The number of nitrogens with one attached hydrogen (secondary N) is 2. The SMILES string of the molecule is O=C(O)c1ccc(C2Nc3c(c4cccnc4c4ncccc34)N2)cc1. The van der Waals surface area contributed by atoms with Gasteiger partial charge in [0.1, 0.15) is 6.17 Å². The number of rotatable bonds is 2. The van der Waals surface area contributed by atoms with Gasteiger partial charge in [0.25, 0.3) is 0 Å². The van der Waals surface area contributed by atoms with Gasteiger partial charge in [-0.05, 0) is 42.0 Å². The van der Waals surface area contributed by atoms with Gasteiger partial charge in [-0.25, -0.2) is 4.79 Å². The summed E-state index contributed by atoms with van der Waals surface area (Å²) in [4.78, 5) is 20.1. The summed E-state index contributed by atoms with van der Waals surface area (Å²) in [6.07, 6.45) is 3.39. The van der Waals surface area contributed by atoms with E-state index >= 15 is 0 Å². The first-order valence-corrected chi connectivity index (χ1v) is 8.24. The van der Waals surface area contributed by atoms with Crippen LogP contribution in [0.3, 0.4) is 0 Å². The van der Waals surface area contributed by atoms with Gasteiger partial charge in [0.05, 0.1) is 28.0 Å². The van der Waals surface area contributed by atoms with Gasteiger partial charge in [-0.2, -0.15) is 0 Å². The normalized spacial score (nSPS) is 13.4. The number of pyridine rings is 2. The third kappa shape index (κ3) is 2.09. The third-order valence-electron chi connectivity index (χ3n) is 4.70. The van der Waals surface area contributed by atoms with Crippen LogP contribution in [-0.2, 0) is 0 Å². The Kier molecular flexibility index (Phi) is 3.05. The van der Waals surface area contributed by atoms with Crippen LogP contribution in [0.2, 0.25) is 0 Å². The van der Waals surface area contributed by atoms with Crippen molar-refractivity contribution in [1.82, 2.24) is 9.97 Å². The molecule has 3 N–H and O–H groups in total. The first-order valence-electron chi connectivity index (χ1n) is 8.24. The predicted octanol–water partition coefficient (Wildman–Crippen LogP) is 4.02. The molecule has 6 heteroatoms. The molecule has 5 rings (SSSR count). The predicted molar refractivity (Wildman–Crippen MR) is 100 cm³/mol. The molecule has 0 saturated carbocycles. The Morgan fingerprint density at radius 1 is 0.846 bits per heavy atom. The molecule has 0 atom stereocenters. The van der Waals surface area contributed by atoms with Crippen molar-refractivity contribution in [2.45, 2.75) is 6.17 Å². The molecule has 2 aromatic heterocycles. The van der Waals surface area contributed by atoms with Crippen molar-refractivity contribution < 1.29 is 9.90 Å². The van der Waals surface area contributed by atoms with Gasteiger partial charge >= 0.3 is 5.97 Å². The molecule has 3 heterocycles. The van der Waals surface area contributed by atoms with E-state index in [9.17, 15) is 4.79 Å². The maximum absolute atomic E-state index is 11.1. The summed E-state index contributed by atoms with van der Waals surface area (Å²) in [5, 5.41) is 18.1. The molecule has 2 aromatic carbocycles. The third-order valence-corrected chi connectivity index (χ3v) is 4.70. The maximum Gasteiger partial charge on any atom is 0.335 e. The summed E-state index contributed by atoms with van der Waals surface area (Å²) in [7, 11) is 0. The van der Waals surface area contributed by atoms with Gasteiger partial charge in [0.15, 0.2) is 0 Å². The molecule has 0 radical (unpaired) electrons. The summed E-state index contributed by atoms with van der Waals surface area (Å²) >= 11 is 0.